The zero-order valence-corrected chi connectivity index (χ0v) is 24.3. The molecule has 1 fully saturated rings. The van der Waals surface area contributed by atoms with Crippen LogP contribution in [0.5, 0.6) is 0 Å². The van der Waals surface area contributed by atoms with Crippen molar-refractivity contribution in [1.82, 2.24) is 20.2 Å². The summed E-state index contributed by atoms with van der Waals surface area (Å²) in [6, 6.07) is 5.62. The average Bonchev–Trinajstić information content (AvgIpc) is 2.90. The van der Waals surface area contributed by atoms with E-state index >= 15 is 0 Å². The molecule has 10 nitrogen and oxygen atoms in total. The number of aromatic nitrogens is 2. The molecule has 3 rings (SSSR count). The van der Waals surface area contributed by atoms with Crippen molar-refractivity contribution in [2.75, 3.05) is 25.0 Å². The van der Waals surface area contributed by atoms with E-state index in [1.807, 2.05) is 59.0 Å². The molecule has 2 aromatic rings. The number of hydrogen-bond donors (Lipinski definition) is 5. The van der Waals surface area contributed by atoms with Crippen molar-refractivity contribution in [3.05, 3.63) is 59.8 Å². The fourth-order valence-electron chi connectivity index (χ4n) is 4.41. The fraction of sp³-hybridized carbons (Fsp3) is 0.467. The Kier molecular flexibility index (Phi) is 10.5. The number of nitrogens with two attached hydrogens (primary N) is 2. The number of ether oxygens (including phenoxy) is 1. The van der Waals surface area contributed by atoms with E-state index in [9.17, 15) is 4.79 Å². The van der Waals surface area contributed by atoms with Gasteiger partial charge >= 0.3 is 6.09 Å². The zero-order valence-electron chi connectivity index (χ0n) is 24.3. The van der Waals surface area contributed by atoms with Crippen LogP contribution >= 0.6 is 0 Å². The average molecular weight is 549 g/mol. The first-order valence-electron chi connectivity index (χ1n) is 13.8. The Bertz CT molecular complexity index is 1270. The molecule has 0 spiro atoms. The molecule has 0 bridgehead atoms. The second-order valence-corrected chi connectivity index (χ2v) is 11.4. The number of nitrogens with zero attached hydrogens (tertiary/aromatic N) is 3. The van der Waals surface area contributed by atoms with E-state index < -0.39 is 5.60 Å². The lowest BCUT2D eigenvalue weighted by atomic mass is 9.94. The number of nitrogens with one attached hydrogen (secondary N) is 3. The van der Waals surface area contributed by atoms with Gasteiger partial charge in [-0.2, -0.15) is 0 Å². The molecule has 7 N–H and O–H groups in total. The highest BCUT2D eigenvalue weighted by atomic mass is 16.6. The van der Waals surface area contributed by atoms with Gasteiger partial charge in [0.05, 0.1) is 11.0 Å². The zero-order chi connectivity index (χ0) is 29.3. The third kappa shape index (κ3) is 9.00. The van der Waals surface area contributed by atoms with Crippen LogP contribution in [0.1, 0.15) is 59.4 Å². The lowest BCUT2D eigenvalue weighted by molar-refractivity contribution is 0.0181. The maximum Gasteiger partial charge on any atom is 0.410 e. The molecule has 3 heterocycles. The van der Waals surface area contributed by atoms with Crippen LogP contribution in [0.25, 0.3) is 16.6 Å². The Morgan fingerprint density at radius 2 is 1.98 bits per heavy atom. The lowest BCUT2D eigenvalue weighted by Crippen LogP contribution is -2.42. The topological polar surface area (TPSA) is 155 Å². The van der Waals surface area contributed by atoms with Crippen LogP contribution in [0, 0.1) is 17.2 Å². The SMILES string of the molecule is CC(C)C(=C/N)/C=C(\N)Nc1ccc2ncc(/C(C=N)=C/NCCC3CCN(C(=O)OC(C)(C)C)CC3)cc2n1. The molecule has 1 aliphatic heterocycles. The van der Waals surface area contributed by atoms with Crippen LogP contribution in [0.3, 0.4) is 0 Å². The second-order valence-electron chi connectivity index (χ2n) is 11.4. The van der Waals surface area contributed by atoms with E-state index in [4.69, 9.17) is 21.6 Å². The van der Waals surface area contributed by atoms with Crippen LogP contribution in [0.15, 0.2) is 54.3 Å². The minimum Gasteiger partial charge on any atom is -0.444 e. The molecule has 1 saturated heterocycles. The predicted octanol–water partition coefficient (Wildman–Crippen LogP) is 4.96. The van der Waals surface area contributed by atoms with Crippen LogP contribution in [-0.4, -0.2) is 52.4 Å². The van der Waals surface area contributed by atoms with Gasteiger partial charge in [-0.1, -0.05) is 13.8 Å². The molecule has 2 aromatic heterocycles. The van der Waals surface area contributed by atoms with E-state index in [1.54, 1.807) is 23.4 Å². The number of allylic oxidation sites excluding steroid dienone is 3. The van der Waals surface area contributed by atoms with Crippen LogP contribution in [0.2, 0.25) is 0 Å². The Labute approximate surface area is 237 Å². The van der Waals surface area contributed by atoms with Gasteiger partial charge in [-0.3, -0.25) is 4.98 Å². The minimum atomic E-state index is -0.474. The molecule has 216 valence electrons. The molecule has 10 heteroatoms. The highest BCUT2D eigenvalue weighted by Crippen LogP contribution is 2.23. The summed E-state index contributed by atoms with van der Waals surface area (Å²) in [5.74, 6) is 1.83. The molecular formula is C30H44N8O2. The number of fused-ring (bicyclic) bond motifs is 1. The summed E-state index contributed by atoms with van der Waals surface area (Å²) in [5.41, 5.74) is 15.3. The van der Waals surface area contributed by atoms with E-state index in [0.29, 0.717) is 28.6 Å². The van der Waals surface area contributed by atoms with Crippen molar-refractivity contribution in [3.63, 3.8) is 0 Å². The second kappa shape index (κ2) is 13.8. The van der Waals surface area contributed by atoms with E-state index in [2.05, 4.69) is 20.6 Å². The first kappa shape index (κ1) is 30.5. The molecule has 0 aromatic carbocycles. The van der Waals surface area contributed by atoms with Gasteiger partial charge in [0.1, 0.15) is 17.2 Å². The first-order chi connectivity index (χ1) is 19.0. The maximum atomic E-state index is 12.3. The molecule has 0 radical (unpaired) electrons. The predicted molar refractivity (Wildman–Crippen MR) is 162 cm³/mol. The number of carbonyl (C=O) groups is 1. The van der Waals surface area contributed by atoms with Crippen molar-refractivity contribution in [2.45, 2.75) is 59.5 Å². The van der Waals surface area contributed by atoms with Crippen molar-refractivity contribution < 1.29 is 9.53 Å². The Morgan fingerprint density at radius 1 is 1.25 bits per heavy atom. The number of likely N-dealkylation sites (tertiary alicyclic amines) is 1. The smallest absolute Gasteiger partial charge is 0.410 e. The third-order valence-electron chi connectivity index (χ3n) is 6.70. The third-order valence-corrected chi connectivity index (χ3v) is 6.70. The Hall–Kier alpha value is -4.08. The number of amides is 1. The van der Waals surface area contributed by atoms with E-state index in [0.717, 1.165) is 55.5 Å². The van der Waals surface area contributed by atoms with Crippen LogP contribution < -0.4 is 22.1 Å². The van der Waals surface area contributed by atoms with Crippen molar-refractivity contribution >= 4 is 34.7 Å². The molecular weight excluding hydrogens is 504 g/mol. The summed E-state index contributed by atoms with van der Waals surface area (Å²) in [6.45, 7) is 12.0. The van der Waals surface area contributed by atoms with Gasteiger partial charge in [0.25, 0.3) is 0 Å². The minimum absolute atomic E-state index is 0.229. The van der Waals surface area contributed by atoms with Gasteiger partial charge in [-0.05, 0) is 87.9 Å². The Morgan fingerprint density at radius 3 is 2.60 bits per heavy atom. The molecule has 1 amide bonds. The summed E-state index contributed by atoms with van der Waals surface area (Å²) < 4.78 is 5.49. The van der Waals surface area contributed by atoms with Gasteiger partial charge < -0.3 is 37.1 Å². The fourth-order valence-corrected chi connectivity index (χ4v) is 4.41. The summed E-state index contributed by atoms with van der Waals surface area (Å²) in [4.78, 5) is 23.3. The summed E-state index contributed by atoms with van der Waals surface area (Å²) in [6.07, 6.45) is 10.9. The molecule has 40 heavy (non-hydrogen) atoms. The summed E-state index contributed by atoms with van der Waals surface area (Å²) in [5, 5.41) is 14.4. The molecule has 0 saturated carbocycles. The van der Waals surface area contributed by atoms with Gasteiger partial charge in [0, 0.05) is 49.4 Å². The highest BCUT2D eigenvalue weighted by Gasteiger charge is 2.26. The number of hydrogen-bond acceptors (Lipinski definition) is 9. The summed E-state index contributed by atoms with van der Waals surface area (Å²) >= 11 is 0. The van der Waals surface area contributed by atoms with E-state index in [1.165, 1.54) is 6.21 Å². The highest BCUT2D eigenvalue weighted by molar-refractivity contribution is 6.08. The molecule has 1 aliphatic rings. The van der Waals surface area contributed by atoms with Crippen molar-refractivity contribution in [1.29, 1.82) is 5.41 Å². The standard InChI is InChI=1S/C30H44N8O2/c1-20(2)22(16-31)15-27(33)37-28-7-6-25-26(36-28)14-23(19-35-25)24(17-32)18-34-11-8-21-9-12-38(13-10-21)29(39)40-30(3,4)5/h6-7,14-21,32,34H,8-13,31,33H2,1-5H3,(H,36,37)/b22-16+,24-18+,27-15+,32-17?. The molecule has 0 atom stereocenters. The van der Waals surface area contributed by atoms with E-state index in [-0.39, 0.29) is 12.0 Å². The van der Waals surface area contributed by atoms with Gasteiger partial charge in [0.15, 0.2) is 0 Å². The number of carbonyl (C=O) groups excluding carboxylic acids is 1. The van der Waals surface area contributed by atoms with Crippen molar-refractivity contribution in [2.24, 2.45) is 23.3 Å². The summed E-state index contributed by atoms with van der Waals surface area (Å²) in [7, 11) is 0. The van der Waals surface area contributed by atoms with Crippen molar-refractivity contribution in [3.8, 4) is 0 Å². The Balaban J connectivity index is 1.57. The molecule has 0 aliphatic carbocycles. The largest absolute Gasteiger partial charge is 0.444 e. The number of anilines is 1. The van der Waals surface area contributed by atoms with Gasteiger partial charge in [-0.25, -0.2) is 9.78 Å². The normalized spacial score (nSPS) is 15.8. The number of rotatable bonds is 10. The van der Waals surface area contributed by atoms with Gasteiger partial charge in [0.2, 0.25) is 0 Å². The maximum absolute atomic E-state index is 12.3. The first-order valence-corrected chi connectivity index (χ1v) is 13.8. The monoisotopic (exact) mass is 548 g/mol. The van der Waals surface area contributed by atoms with Crippen LogP contribution in [-0.2, 0) is 4.74 Å². The lowest BCUT2D eigenvalue weighted by Gasteiger charge is -2.33. The quantitative estimate of drug-likeness (QED) is 0.159. The number of piperidine rings is 1. The van der Waals surface area contributed by atoms with Crippen LogP contribution in [0.4, 0.5) is 10.6 Å². The van der Waals surface area contributed by atoms with Gasteiger partial charge in [-0.15, -0.1) is 0 Å². The molecule has 0 unspecified atom stereocenters. The number of pyridine rings is 2.